The summed E-state index contributed by atoms with van der Waals surface area (Å²) in [5, 5.41) is 11.6. The Bertz CT molecular complexity index is 341. The molecule has 0 spiro atoms. The summed E-state index contributed by atoms with van der Waals surface area (Å²) < 4.78 is 5.49. The van der Waals surface area contributed by atoms with E-state index in [4.69, 9.17) is 4.74 Å². The molecular weight excluding hydrogens is 216 g/mol. The van der Waals surface area contributed by atoms with Gasteiger partial charge in [0.15, 0.2) is 5.82 Å². The van der Waals surface area contributed by atoms with Crippen molar-refractivity contribution >= 4 is 5.82 Å². The number of nitrogens with one attached hydrogen (secondary N) is 1. The van der Waals surface area contributed by atoms with Crippen LogP contribution in [0.15, 0.2) is 12.1 Å². The van der Waals surface area contributed by atoms with Gasteiger partial charge in [-0.3, -0.25) is 0 Å². The Morgan fingerprint density at radius 1 is 1.47 bits per heavy atom. The van der Waals surface area contributed by atoms with Gasteiger partial charge in [0.25, 0.3) is 0 Å². The summed E-state index contributed by atoms with van der Waals surface area (Å²) >= 11 is 0. The van der Waals surface area contributed by atoms with Gasteiger partial charge in [-0.05, 0) is 25.6 Å². The molecule has 1 saturated heterocycles. The molecule has 5 heteroatoms. The van der Waals surface area contributed by atoms with Crippen molar-refractivity contribution in [3.63, 3.8) is 0 Å². The maximum Gasteiger partial charge on any atom is 0.151 e. The molecular formula is C12H20N4O. The van der Waals surface area contributed by atoms with Gasteiger partial charge in [0.1, 0.15) is 0 Å². The topological polar surface area (TPSA) is 50.3 Å². The highest BCUT2D eigenvalue weighted by molar-refractivity contribution is 5.39. The average molecular weight is 236 g/mol. The zero-order valence-electron chi connectivity index (χ0n) is 10.5. The van der Waals surface area contributed by atoms with Gasteiger partial charge >= 0.3 is 0 Å². The van der Waals surface area contributed by atoms with E-state index in [1.807, 2.05) is 19.2 Å². The number of morpholine rings is 1. The predicted molar refractivity (Wildman–Crippen MR) is 67.0 cm³/mol. The fourth-order valence-electron chi connectivity index (χ4n) is 2.08. The molecule has 17 heavy (non-hydrogen) atoms. The van der Waals surface area contributed by atoms with E-state index in [0.717, 1.165) is 44.2 Å². The van der Waals surface area contributed by atoms with E-state index in [1.165, 1.54) is 0 Å². The molecule has 0 aromatic carbocycles. The molecule has 0 saturated carbocycles. The van der Waals surface area contributed by atoms with Crippen LogP contribution in [0.3, 0.4) is 0 Å². The van der Waals surface area contributed by atoms with Crippen molar-refractivity contribution in [1.82, 2.24) is 15.5 Å². The van der Waals surface area contributed by atoms with Crippen molar-refractivity contribution in [2.45, 2.75) is 25.9 Å². The highest BCUT2D eigenvalue weighted by Crippen LogP contribution is 2.18. The third-order valence-electron chi connectivity index (χ3n) is 3.06. The monoisotopic (exact) mass is 236 g/mol. The Labute approximate surface area is 102 Å². The Kier molecular flexibility index (Phi) is 4.28. The van der Waals surface area contributed by atoms with Crippen molar-refractivity contribution in [3.8, 4) is 0 Å². The second-order valence-electron chi connectivity index (χ2n) is 4.24. The van der Waals surface area contributed by atoms with Gasteiger partial charge in [-0.25, -0.2) is 0 Å². The number of nitrogens with zero attached hydrogens (tertiary/aromatic N) is 3. The van der Waals surface area contributed by atoms with E-state index in [9.17, 15) is 0 Å². The molecule has 0 aliphatic carbocycles. The number of hydrogen-bond donors (Lipinski definition) is 1. The fraction of sp³-hybridized carbons (Fsp3) is 0.667. The molecule has 1 aromatic heterocycles. The summed E-state index contributed by atoms with van der Waals surface area (Å²) in [6.45, 7) is 5.40. The molecule has 1 fully saturated rings. The highest BCUT2D eigenvalue weighted by atomic mass is 16.5. The molecule has 94 valence electrons. The number of rotatable bonds is 4. The summed E-state index contributed by atoms with van der Waals surface area (Å²) in [6.07, 6.45) is 1.07. The molecule has 2 rings (SSSR count). The van der Waals surface area contributed by atoms with E-state index < -0.39 is 0 Å². The predicted octanol–water partition coefficient (Wildman–Crippen LogP) is 0.811. The first-order valence-corrected chi connectivity index (χ1v) is 6.16. The van der Waals surface area contributed by atoms with Crippen LogP contribution in [0.1, 0.15) is 19.0 Å². The van der Waals surface area contributed by atoms with Crippen LogP contribution in [0.25, 0.3) is 0 Å². The standard InChI is InChI=1S/C12H20N4O/c1-3-11-9-17-7-6-16(11)12-5-4-10(8-13-2)14-15-12/h4-5,11,13H,3,6-9H2,1-2H3. The number of hydrogen-bond acceptors (Lipinski definition) is 5. The van der Waals surface area contributed by atoms with Crippen molar-refractivity contribution in [1.29, 1.82) is 0 Å². The molecule has 1 N–H and O–H groups in total. The van der Waals surface area contributed by atoms with E-state index in [1.54, 1.807) is 0 Å². The van der Waals surface area contributed by atoms with E-state index in [2.05, 4.69) is 27.3 Å². The second-order valence-corrected chi connectivity index (χ2v) is 4.24. The van der Waals surface area contributed by atoms with Gasteiger partial charge in [-0.2, -0.15) is 5.10 Å². The Balaban J connectivity index is 2.09. The summed E-state index contributed by atoms with van der Waals surface area (Å²) in [4.78, 5) is 2.29. The molecule has 1 aliphatic rings. The number of anilines is 1. The molecule has 1 atom stereocenters. The smallest absolute Gasteiger partial charge is 0.151 e. The molecule has 1 aromatic rings. The lowest BCUT2D eigenvalue weighted by Crippen LogP contribution is -2.45. The van der Waals surface area contributed by atoms with Gasteiger partial charge in [-0.15, -0.1) is 5.10 Å². The van der Waals surface area contributed by atoms with Crippen LogP contribution in [-0.4, -0.2) is 43.0 Å². The van der Waals surface area contributed by atoms with Gasteiger partial charge in [0, 0.05) is 13.1 Å². The normalized spacial score (nSPS) is 20.6. The lowest BCUT2D eigenvalue weighted by atomic mass is 10.2. The van der Waals surface area contributed by atoms with Crippen molar-refractivity contribution in [2.75, 3.05) is 31.7 Å². The lowest BCUT2D eigenvalue weighted by molar-refractivity contribution is 0.0924. The van der Waals surface area contributed by atoms with Crippen molar-refractivity contribution < 1.29 is 4.74 Å². The van der Waals surface area contributed by atoms with Crippen molar-refractivity contribution in [2.24, 2.45) is 0 Å². The Morgan fingerprint density at radius 3 is 3.00 bits per heavy atom. The Morgan fingerprint density at radius 2 is 2.35 bits per heavy atom. The van der Waals surface area contributed by atoms with Crippen LogP contribution in [0, 0.1) is 0 Å². The van der Waals surface area contributed by atoms with Gasteiger partial charge < -0.3 is 15.0 Å². The maximum absolute atomic E-state index is 5.49. The third kappa shape index (κ3) is 2.92. The van der Waals surface area contributed by atoms with E-state index >= 15 is 0 Å². The van der Waals surface area contributed by atoms with Gasteiger partial charge in [0.05, 0.1) is 24.9 Å². The van der Waals surface area contributed by atoms with Crippen LogP contribution in [0.2, 0.25) is 0 Å². The first-order chi connectivity index (χ1) is 8.35. The fourth-order valence-corrected chi connectivity index (χ4v) is 2.08. The van der Waals surface area contributed by atoms with Crippen LogP contribution in [-0.2, 0) is 11.3 Å². The lowest BCUT2D eigenvalue weighted by Gasteiger charge is -2.35. The van der Waals surface area contributed by atoms with Gasteiger partial charge in [0.2, 0.25) is 0 Å². The second kappa shape index (κ2) is 5.93. The highest BCUT2D eigenvalue weighted by Gasteiger charge is 2.22. The molecule has 2 heterocycles. The number of ether oxygens (including phenoxy) is 1. The molecule has 1 unspecified atom stereocenters. The van der Waals surface area contributed by atoms with Crippen molar-refractivity contribution in [3.05, 3.63) is 17.8 Å². The first kappa shape index (κ1) is 12.3. The molecule has 1 aliphatic heterocycles. The summed E-state index contributed by atoms with van der Waals surface area (Å²) in [5.74, 6) is 0.958. The summed E-state index contributed by atoms with van der Waals surface area (Å²) in [6, 6.07) is 4.50. The maximum atomic E-state index is 5.49. The third-order valence-corrected chi connectivity index (χ3v) is 3.06. The molecule has 0 radical (unpaired) electrons. The van der Waals surface area contributed by atoms with Crippen LogP contribution >= 0.6 is 0 Å². The van der Waals surface area contributed by atoms with E-state index in [-0.39, 0.29) is 0 Å². The quantitative estimate of drug-likeness (QED) is 0.838. The minimum Gasteiger partial charge on any atom is -0.377 e. The zero-order valence-corrected chi connectivity index (χ0v) is 10.5. The number of aromatic nitrogens is 2. The van der Waals surface area contributed by atoms with Gasteiger partial charge in [-0.1, -0.05) is 6.92 Å². The first-order valence-electron chi connectivity index (χ1n) is 6.16. The summed E-state index contributed by atoms with van der Waals surface area (Å²) in [5.41, 5.74) is 0.970. The average Bonchev–Trinajstić information content (AvgIpc) is 2.40. The minimum absolute atomic E-state index is 0.424. The molecule has 0 bridgehead atoms. The zero-order chi connectivity index (χ0) is 12.1. The largest absolute Gasteiger partial charge is 0.377 e. The molecule has 0 amide bonds. The van der Waals surface area contributed by atoms with Crippen LogP contribution < -0.4 is 10.2 Å². The van der Waals surface area contributed by atoms with E-state index in [0.29, 0.717) is 6.04 Å². The van der Waals surface area contributed by atoms with Crippen LogP contribution in [0.5, 0.6) is 0 Å². The Hall–Kier alpha value is -1.20. The minimum atomic E-state index is 0.424. The van der Waals surface area contributed by atoms with Crippen LogP contribution in [0.4, 0.5) is 5.82 Å². The SMILES string of the molecule is CCC1COCCN1c1ccc(CNC)nn1. The summed E-state index contributed by atoms with van der Waals surface area (Å²) in [7, 11) is 1.91. The molecule has 5 nitrogen and oxygen atoms in total.